The molecule has 0 saturated carbocycles. The Morgan fingerprint density at radius 1 is 1.53 bits per heavy atom. The van der Waals surface area contributed by atoms with Crippen LogP contribution in [0.2, 0.25) is 0 Å². The summed E-state index contributed by atoms with van der Waals surface area (Å²) in [5, 5.41) is 9.10. The molecule has 0 aliphatic rings. The number of nitrogens with two attached hydrogens (primary N) is 1. The first kappa shape index (κ1) is 12.5. The van der Waals surface area contributed by atoms with Crippen LogP contribution in [0.15, 0.2) is 10.5 Å². The quantitative estimate of drug-likeness (QED) is 0.887. The molecule has 0 spiro atoms. The molecule has 0 radical (unpaired) electrons. The molecule has 1 aromatic rings. The van der Waals surface area contributed by atoms with Gasteiger partial charge in [-0.3, -0.25) is 0 Å². The summed E-state index contributed by atoms with van der Waals surface area (Å²) in [6.45, 7) is 3.83. The van der Waals surface area contributed by atoms with Gasteiger partial charge in [0.1, 0.15) is 5.75 Å². The number of benzene rings is 1. The second-order valence-electron chi connectivity index (χ2n) is 3.54. The first-order chi connectivity index (χ1) is 7.02. The number of aliphatic hydroxyl groups excluding tert-OH is 1. The van der Waals surface area contributed by atoms with Gasteiger partial charge in [0.15, 0.2) is 0 Å². The number of halogens is 1. The Hall–Kier alpha value is -0.580. The molecule has 4 heteroatoms. The number of methoxy groups -OCH3 is 1. The van der Waals surface area contributed by atoms with Crippen LogP contribution < -0.4 is 10.5 Å². The number of aryl methyl sites for hydroxylation is 1. The van der Waals surface area contributed by atoms with Crippen LogP contribution in [0.25, 0.3) is 0 Å². The molecule has 15 heavy (non-hydrogen) atoms. The third kappa shape index (κ3) is 2.33. The van der Waals surface area contributed by atoms with Gasteiger partial charge in [0.05, 0.1) is 19.8 Å². The average molecular weight is 274 g/mol. The van der Waals surface area contributed by atoms with Crippen LogP contribution in [0, 0.1) is 13.8 Å². The molecular weight excluding hydrogens is 258 g/mol. The normalized spacial score (nSPS) is 12.7. The van der Waals surface area contributed by atoms with Gasteiger partial charge in [-0.1, -0.05) is 15.9 Å². The van der Waals surface area contributed by atoms with Gasteiger partial charge < -0.3 is 15.6 Å². The van der Waals surface area contributed by atoms with Crippen molar-refractivity contribution in [1.82, 2.24) is 0 Å². The minimum atomic E-state index is -0.397. The van der Waals surface area contributed by atoms with Gasteiger partial charge in [-0.15, -0.1) is 0 Å². The molecule has 1 atom stereocenters. The van der Waals surface area contributed by atoms with Crippen molar-refractivity contribution in [3.63, 3.8) is 0 Å². The Kier molecular flexibility index (Phi) is 4.13. The lowest BCUT2D eigenvalue weighted by atomic mass is 9.98. The summed E-state index contributed by atoms with van der Waals surface area (Å²) < 4.78 is 6.33. The van der Waals surface area contributed by atoms with Crippen molar-refractivity contribution in [2.24, 2.45) is 5.73 Å². The number of hydrogen-bond donors (Lipinski definition) is 2. The van der Waals surface area contributed by atoms with E-state index in [2.05, 4.69) is 15.9 Å². The molecule has 3 N–H and O–H groups in total. The highest BCUT2D eigenvalue weighted by Gasteiger charge is 2.17. The summed E-state index contributed by atoms with van der Waals surface area (Å²) in [5.74, 6) is 0.753. The van der Waals surface area contributed by atoms with E-state index in [1.165, 1.54) is 0 Å². The van der Waals surface area contributed by atoms with Gasteiger partial charge in [0, 0.05) is 15.6 Å². The minimum Gasteiger partial charge on any atom is -0.496 e. The van der Waals surface area contributed by atoms with Crippen LogP contribution in [0.3, 0.4) is 0 Å². The average Bonchev–Trinajstić information content (AvgIpc) is 2.21. The maximum atomic E-state index is 9.10. The highest BCUT2D eigenvalue weighted by molar-refractivity contribution is 9.10. The van der Waals surface area contributed by atoms with E-state index >= 15 is 0 Å². The van der Waals surface area contributed by atoms with Crippen molar-refractivity contribution in [3.8, 4) is 5.75 Å². The Morgan fingerprint density at radius 3 is 2.60 bits per heavy atom. The first-order valence-electron chi connectivity index (χ1n) is 4.73. The molecule has 0 aliphatic heterocycles. The molecule has 0 saturated heterocycles. The molecule has 0 fully saturated rings. The van der Waals surface area contributed by atoms with E-state index in [1.807, 2.05) is 19.9 Å². The monoisotopic (exact) mass is 273 g/mol. The molecule has 1 aromatic carbocycles. The van der Waals surface area contributed by atoms with Crippen molar-refractivity contribution in [2.45, 2.75) is 19.9 Å². The van der Waals surface area contributed by atoms with E-state index in [9.17, 15) is 0 Å². The standard InChI is InChI=1S/C11H16BrNO2/c1-6-4-8(12)7(2)11(15-3)10(6)9(13)5-14/h4,9,14H,5,13H2,1-3H3. The Morgan fingerprint density at radius 2 is 2.13 bits per heavy atom. The Bertz CT molecular complexity index is 366. The zero-order chi connectivity index (χ0) is 11.6. The topological polar surface area (TPSA) is 55.5 Å². The highest BCUT2D eigenvalue weighted by Crippen LogP contribution is 2.35. The van der Waals surface area contributed by atoms with Gasteiger partial charge in [-0.05, 0) is 25.5 Å². The van der Waals surface area contributed by atoms with Gasteiger partial charge in [-0.25, -0.2) is 0 Å². The third-order valence-corrected chi connectivity index (χ3v) is 3.31. The zero-order valence-corrected chi connectivity index (χ0v) is 10.8. The summed E-state index contributed by atoms with van der Waals surface area (Å²) in [5.41, 5.74) is 8.74. The lowest BCUT2D eigenvalue weighted by molar-refractivity contribution is 0.264. The number of ether oxygens (including phenoxy) is 1. The van der Waals surface area contributed by atoms with E-state index in [0.29, 0.717) is 0 Å². The van der Waals surface area contributed by atoms with Crippen molar-refractivity contribution in [3.05, 3.63) is 27.2 Å². The predicted octanol–water partition coefficient (Wildman–Crippen LogP) is 2.07. The maximum absolute atomic E-state index is 9.10. The van der Waals surface area contributed by atoms with Crippen LogP contribution in [0.4, 0.5) is 0 Å². The summed E-state index contributed by atoms with van der Waals surface area (Å²) in [7, 11) is 1.61. The van der Waals surface area contributed by atoms with E-state index in [1.54, 1.807) is 7.11 Å². The fourth-order valence-electron chi connectivity index (χ4n) is 1.68. The second-order valence-corrected chi connectivity index (χ2v) is 4.39. The van der Waals surface area contributed by atoms with E-state index in [0.717, 1.165) is 26.9 Å². The van der Waals surface area contributed by atoms with E-state index in [4.69, 9.17) is 15.6 Å². The van der Waals surface area contributed by atoms with Gasteiger partial charge in [-0.2, -0.15) is 0 Å². The molecule has 3 nitrogen and oxygen atoms in total. The van der Waals surface area contributed by atoms with Crippen LogP contribution in [-0.4, -0.2) is 18.8 Å². The van der Waals surface area contributed by atoms with Crippen molar-refractivity contribution < 1.29 is 9.84 Å². The molecule has 0 aliphatic carbocycles. The third-order valence-electron chi connectivity index (χ3n) is 2.48. The Balaban J connectivity index is 3.41. The number of rotatable bonds is 3. The van der Waals surface area contributed by atoms with Crippen LogP contribution in [-0.2, 0) is 0 Å². The minimum absolute atomic E-state index is 0.0850. The Labute approximate surface area is 98.4 Å². The largest absolute Gasteiger partial charge is 0.496 e. The van der Waals surface area contributed by atoms with Crippen molar-refractivity contribution >= 4 is 15.9 Å². The van der Waals surface area contributed by atoms with Gasteiger partial charge in [0.2, 0.25) is 0 Å². The SMILES string of the molecule is COc1c(C)c(Br)cc(C)c1C(N)CO. The molecular formula is C11H16BrNO2. The lowest BCUT2D eigenvalue weighted by Crippen LogP contribution is -2.17. The number of aliphatic hydroxyl groups is 1. The summed E-state index contributed by atoms with van der Waals surface area (Å²) >= 11 is 3.46. The summed E-state index contributed by atoms with van der Waals surface area (Å²) in [6, 6.07) is 1.59. The molecule has 0 bridgehead atoms. The highest BCUT2D eigenvalue weighted by atomic mass is 79.9. The molecule has 1 unspecified atom stereocenters. The number of hydrogen-bond acceptors (Lipinski definition) is 3. The maximum Gasteiger partial charge on any atom is 0.128 e. The van der Waals surface area contributed by atoms with Crippen molar-refractivity contribution in [1.29, 1.82) is 0 Å². The van der Waals surface area contributed by atoms with E-state index in [-0.39, 0.29) is 6.61 Å². The van der Waals surface area contributed by atoms with Gasteiger partial charge >= 0.3 is 0 Å². The van der Waals surface area contributed by atoms with Crippen LogP contribution >= 0.6 is 15.9 Å². The summed E-state index contributed by atoms with van der Waals surface area (Å²) in [4.78, 5) is 0. The fourth-order valence-corrected chi connectivity index (χ4v) is 2.20. The molecule has 0 amide bonds. The fraction of sp³-hybridized carbons (Fsp3) is 0.455. The first-order valence-corrected chi connectivity index (χ1v) is 5.52. The van der Waals surface area contributed by atoms with Crippen LogP contribution in [0.5, 0.6) is 5.75 Å². The van der Waals surface area contributed by atoms with Crippen molar-refractivity contribution in [2.75, 3.05) is 13.7 Å². The van der Waals surface area contributed by atoms with Crippen LogP contribution in [0.1, 0.15) is 22.7 Å². The van der Waals surface area contributed by atoms with Gasteiger partial charge in [0.25, 0.3) is 0 Å². The lowest BCUT2D eigenvalue weighted by Gasteiger charge is -2.19. The molecule has 84 valence electrons. The molecule has 0 aromatic heterocycles. The molecule has 1 rings (SSSR count). The summed E-state index contributed by atoms with van der Waals surface area (Å²) in [6.07, 6.45) is 0. The smallest absolute Gasteiger partial charge is 0.128 e. The zero-order valence-electron chi connectivity index (χ0n) is 9.17. The predicted molar refractivity (Wildman–Crippen MR) is 64.2 cm³/mol. The second kappa shape index (κ2) is 4.96. The van der Waals surface area contributed by atoms with E-state index < -0.39 is 6.04 Å². The molecule has 0 heterocycles.